The number of hydrogen-bond donors (Lipinski definition) is 2. The Hall–Kier alpha value is -1.15. The second-order valence-corrected chi connectivity index (χ2v) is 6.47. The lowest BCUT2D eigenvalue weighted by Crippen LogP contribution is -2.35. The number of benzene rings is 1. The normalized spacial score (nSPS) is 13.1. The lowest BCUT2D eigenvalue weighted by molar-refractivity contribution is 0.180. The van der Waals surface area contributed by atoms with Crippen LogP contribution in [0.4, 0.5) is 0 Å². The van der Waals surface area contributed by atoms with Crippen molar-refractivity contribution in [1.82, 2.24) is 4.72 Å². The van der Waals surface area contributed by atoms with Crippen molar-refractivity contribution in [2.75, 3.05) is 20.3 Å². The first-order valence-electron chi connectivity index (χ1n) is 6.82. The summed E-state index contributed by atoms with van der Waals surface area (Å²) in [6.45, 7) is 4.20. The van der Waals surface area contributed by atoms with Crippen molar-refractivity contribution in [1.29, 1.82) is 0 Å². The molecule has 0 spiro atoms. The second kappa shape index (κ2) is 8.33. The van der Waals surface area contributed by atoms with Gasteiger partial charge in [0, 0.05) is 18.7 Å². The van der Waals surface area contributed by atoms with Crippen molar-refractivity contribution >= 4 is 10.0 Å². The van der Waals surface area contributed by atoms with E-state index in [0.717, 1.165) is 6.42 Å². The topological polar surface area (TPSA) is 84.9 Å². The van der Waals surface area contributed by atoms with Crippen molar-refractivity contribution < 1.29 is 23.0 Å². The highest BCUT2D eigenvalue weighted by Crippen LogP contribution is 2.23. The third-order valence-corrected chi connectivity index (χ3v) is 4.33. The van der Waals surface area contributed by atoms with Gasteiger partial charge in [0.05, 0.1) is 24.7 Å². The van der Waals surface area contributed by atoms with Gasteiger partial charge >= 0.3 is 0 Å². The van der Waals surface area contributed by atoms with Crippen LogP contribution < -0.4 is 9.46 Å². The average molecular weight is 317 g/mol. The van der Waals surface area contributed by atoms with E-state index in [1.54, 1.807) is 13.0 Å². The SMILES string of the molecule is CCCOc1ccc(S(=O)(=O)NC(C)COC)cc1CO. The van der Waals surface area contributed by atoms with E-state index in [4.69, 9.17) is 9.47 Å². The molecule has 0 aliphatic rings. The quantitative estimate of drug-likeness (QED) is 0.717. The second-order valence-electron chi connectivity index (χ2n) is 4.75. The summed E-state index contributed by atoms with van der Waals surface area (Å²) in [5.74, 6) is 0.503. The van der Waals surface area contributed by atoms with Crippen LogP contribution in [0.15, 0.2) is 23.1 Å². The van der Waals surface area contributed by atoms with Crippen LogP contribution in [-0.2, 0) is 21.4 Å². The molecule has 21 heavy (non-hydrogen) atoms. The van der Waals surface area contributed by atoms with Crippen molar-refractivity contribution in [3.63, 3.8) is 0 Å². The molecule has 0 aliphatic heterocycles. The summed E-state index contributed by atoms with van der Waals surface area (Å²) in [5, 5.41) is 9.36. The van der Waals surface area contributed by atoms with E-state index in [1.807, 2.05) is 6.92 Å². The molecule has 0 aliphatic carbocycles. The van der Waals surface area contributed by atoms with Crippen LogP contribution in [0, 0.1) is 0 Å². The highest BCUT2D eigenvalue weighted by Gasteiger charge is 2.19. The summed E-state index contributed by atoms with van der Waals surface area (Å²) >= 11 is 0. The van der Waals surface area contributed by atoms with Gasteiger partial charge in [-0.25, -0.2) is 13.1 Å². The number of aliphatic hydroxyl groups is 1. The Bertz CT molecular complexity index is 544. The standard InChI is InChI=1S/C14H23NO5S/c1-4-7-20-14-6-5-13(8-12(14)9-16)21(17,18)15-11(2)10-19-3/h5-6,8,11,15-16H,4,7,9-10H2,1-3H3. The summed E-state index contributed by atoms with van der Waals surface area (Å²) in [7, 11) is -2.14. The maximum atomic E-state index is 12.2. The Morgan fingerprint density at radius 3 is 2.67 bits per heavy atom. The Morgan fingerprint density at radius 1 is 1.38 bits per heavy atom. The number of sulfonamides is 1. The van der Waals surface area contributed by atoms with E-state index in [0.29, 0.717) is 17.9 Å². The minimum atomic E-state index is -3.65. The molecule has 7 heteroatoms. The molecule has 1 rings (SSSR count). The van der Waals surface area contributed by atoms with Gasteiger partial charge in [-0.3, -0.25) is 0 Å². The third-order valence-electron chi connectivity index (χ3n) is 2.75. The van der Waals surface area contributed by atoms with E-state index < -0.39 is 10.0 Å². The average Bonchev–Trinajstić information content (AvgIpc) is 2.44. The molecule has 0 radical (unpaired) electrons. The van der Waals surface area contributed by atoms with Crippen molar-refractivity contribution in [2.24, 2.45) is 0 Å². The van der Waals surface area contributed by atoms with Crippen LogP contribution in [0.3, 0.4) is 0 Å². The van der Waals surface area contributed by atoms with E-state index in [9.17, 15) is 13.5 Å². The zero-order chi connectivity index (χ0) is 15.9. The first-order chi connectivity index (χ1) is 9.94. The lowest BCUT2D eigenvalue weighted by Gasteiger charge is -2.15. The fourth-order valence-electron chi connectivity index (χ4n) is 1.82. The fraction of sp³-hybridized carbons (Fsp3) is 0.571. The summed E-state index contributed by atoms with van der Waals surface area (Å²) < 4.78 is 37.3. The molecular weight excluding hydrogens is 294 g/mol. The fourth-order valence-corrected chi connectivity index (χ4v) is 3.09. The smallest absolute Gasteiger partial charge is 0.240 e. The summed E-state index contributed by atoms with van der Waals surface area (Å²) in [6.07, 6.45) is 0.834. The molecule has 0 fully saturated rings. The minimum Gasteiger partial charge on any atom is -0.493 e. The maximum absolute atomic E-state index is 12.2. The van der Waals surface area contributed by atoms with Gasteiger partial charge < -0.3 is 14.6 Å². The van der Waals surface area contributed by atoms with Crippen LogP contribution in [0.25, 0.3) is 0 Å². The number of hydrogen-bond acceptors (Lipinski definition) is 5. The Balaban J connectivity index is 2.97. The number of methoxy groups -OCH3 is 1. The molecule has 120 valence electrons. The molecular formula is C14H23NO5S. The first-order valence-corrected chi connectivity index (χ1v) is 8.30. The van der Waals surface area contributed by atoms with Gasteiger partial charge in [0.1, 0.15) is 5.75 Å². The highest BCUT2D eigenvalue weighted by atomic mass is 32.2. The molecule has 1 atom stereocenters. The van der Waals surface area contributed by atoms with Gasteiger partial charge in [-0.2, -0.15) is 0 Å². The molecule has 1 unspecified atom stereocenters. The summed E-state index contributed by atoms with van der Waals surface area (Å²) in [6, 6.07) is 4.11. The van der Waals surface area contributed by atoms with Crippen LogP contribution in [-0.4, -0.2) is 39.9 Å². The summed E-state index contributed by atoms with van der Waals surface area (Å²) in [5.41, 5.74) is 0.450. The Labute approximate surface area is 126 Å². The number of ether oxygens (including phenoxy) is 2. The molecule has 0 aromatic heterocycles. The monoisotopic (exact) mass is 317 g/mol. The van der Waals surface area contributed by atoms with Gasteiger partial charge in [0.25, 0.3) is 0 Å². The molecule has 1 aromatic rings. The van der Waals surface area contributed by atoms with E-state index >= 15 is 0 Å². The van der Waals surface area contributed by atoms with Crippen LogP contribution in [0.1, 0.15) is 25.8 Å². The molecule has 1 aromatic carbocycles. The predicted octanol–water partition coefficient (Wildman–Crippen LogP) is 1.28. The van der Waals surface area contributed by atoms with Gasteiger partial charge in [0.15, 0.2) is 0 Å². The number of aliphatic hydroxyl groups excluding tert-OH is 1. The number of nitrogens with one attached hydrogen (secondary N) is 1. The molecule has 2 N–H and O–H groups in total. The molecule has 0 bridgehead atoms. The predicted molar refractivity (Wildman–Crippen MR) is 79.8 cm³/mol. The maximum Gasteiger partial charge on any atom is 0.240 e. The van der Waals surface area contributed by atoms with E-state index in [2.05, 4.69) is 4.72 Å². The minimum absolute atomic E-state index is 0.0957. The highest BCUT2D eigenvalue weighted by molar-refractivity contribution is 7.89. The van der Waals surface area contributed by atoms with Gasteiger partial charge in [0.2, 0.25) is 10.0 Å². The first kappa shape index (κ1) is 17.9. The van der Waals surface area contributed by atoms with E-state index in [1.165, 1.54) is 19.2 Å². The zero-order valence-electron chi connectivity index (χ0n) is 12.6. The molecule has 0 amide bonds. The van der Waals surface area contributed by atoms with Crippen molar-refractivity contribution in [2.45, 2.75) is 37.8 Å². The van der Waals surface area contributed by atoms with Crippen molar-refractivity contribution in [3.05, 3.63) is 23.8 Å². The summed E-state index contributed by atoms with van der Waals surface area (Å²) in [4.78, 5) is 0.0957. The largest absolute Gasteiger partial charge is 0.493 e. The van der Waals surface area contributed by atoms with Crippen LogP contribution in [0.5, 0.6) is 5.75 Å². The zero-order valence-corrected chi connectivity index (χ0v) is 13.4. The Kier molecular flexibility index (Phi) is 7.10. The number of rotatable bonds is 9. The lowest BCUT2D eigenvalue weighted by atomic mass is 10.2. The molecule has 6 nitrogen and oxygen atoms in total. The van der Waals surface area contributed by atoms with Gasteiger partial charge in [-0.1, -0.05) is 6.92 Å². The van der Waals surface area contributed by atoms with Gasteiger partial charge in [-0.15, -0.1) is 0 Å². The van der Waals surface area contributed by atoms with Gasteiger partial charge in [-0.05, 0) is 31.5 Å². The van der Waals surface area contributed by atoms with E-state index in [-0.39, 0.29) is 24.2 Å². The molecule has 0 heterocycles. The van der Waals surface area contributed by atoms with Crippen LogP contribution in [0.2, 0.25) is 0 Å². The molecule has 0 saturated heterocycles. The Morgan fingerprint density at radius 2 is 2.10 bits per heavy atom. The van der Waals surface area contributed by atoms with Crippen molar-refractivity contribution in [3.8, 4) is 5.75 Å². The molecule has 0 saturated carbocycles. The third kappa shape index (κ3) is 5.28. The van der Waals surface area contributed by atoms with Crippen LogP contribution >= 0.6 is 0 Å².